The van der Waals surface area contributed by atoms with Gasteiger partial charge >= 0.3 is 0 Å². The molecule has 25 heavy (non-hydrogen) atoms. The number of fused-ring (bicyclic) bond motifs is 1. The predicted molar refractivity (Wildman–Crippen MR) is 107 cm³/mol. The van der Waals surface area contributed by atoms with Crippen molar-refractivity contribution in [2.24, 2.45) is 0 Å². The summed E-state index contributed by atoms with van der Waals surface area (Å²) >= 11 is 5.11. The molecule has 0 spiro atoms. The molecule has 4 nitrogen and oxygen atoms in total. The van der Waals surface area contributed by atoms with Gasteiger partial charge in [-0.25, -0.2) is 9.97 Å². The zero-order valence-electron chi connectivity index (χ0n) is 13.4. The Morgan fingerprint density at radius 2 is 1.92 bits per heavy atom. The number of aromatic nitrogens is 2. The summed E-state index contributed by atoms with van der Waals surface area (Å²) in [5, 5.41) is 6.55. The lowest BCUT2D eigenvalue weighted by molar-refractivity contribution is 0.415. The summed E-state index contributed by atoms with van der Waals surface area (Å²) in [5.74, 6) is 1.64. The Kier molecular flexibility index (Phi) is 4.38. The standard InChI is InChI=1S/C19H14BrN3OS/c1-24-15-7-5-12(6-8-15)16-10-25-19-17(16)18(21-11-22-19)23-14-4-2-3-13(20)9-14/h2-11H,1H3,(H,21,22,23). The molecular weight excluding hydrogens is 398 g/mol. The zero-order chi connectivity index (χ0) is 17.2. The maximum Gasteiger partial charge on any atom is 0.143 e. The second-order valence-electron chi connectivity index (χ2n) is 5.42. The molecule has 2 aromatic carbocycles. The van der Waals surface area contributed by atoms with Crippen molar-refractivity contribution in [3.63, 3.8) is 0 Å². The summed E-state index contributed by atoms with van der Waals surface area (Å²) in [6.45, 7) is 0. The average Bonchev–Trinajstić information content (AvgIpc) is 3.07. The molecule has 4 rings (SSSR count). The van der Waals surface area contributed by atoms with E-state index in [1.165, 1.54) is 0 Å². The number of hydrogen-bond acceptors (Lipinski definition) is 5. The first-order chi connectivity index (χ1) is 12.2. The van der Waals surface area contributed by atoms with Crippen molar-refractivity contribution in [1.82, 2.24) is 9.97 Å². The van der Waals surface area contributed by atoms with Crippen LogP contribution in [-0.4, -0.2) is 17.1 Å². The van der Waals surface area contributed by atoms with Gasteiger partial charge in [0.15, 0.2) is 0 Å². The largest absolute Gasteiger partial charge is 0.497 e. The monoisotopic (exact) mass is 411 g/mol. The van der Waals surface area contributed by atoms with Gasteiger partial charge in [-0.3, -0.25) is 0 Å². The van der Waals surface area contributed by atoms with Crippen molar-refractivity contribution in [1.29, 1.82) is 0 Å². The molecule has 0 aliphatic rings. The molecule has 0 unspecified atom stereocenters. The Morgan fingerprint density at radius 1 is 1.08 bits per heavy atom. The van der Waals surface area contributed by atoms with Gasteiger partial charge in [-0.05, 0) is 35.9 Å². The van der Waals surface area contributed by atoms with Crippen molar-refractivity contribution >= 4 is 49.0 Å². The van der Waals surface area contributed by atoms with E-state index in [9.17, 15) is 0 Å². The summed E-state index contributed by atoms with van der Waals surface area (Å²) < 4.78 is 6.27. The normalized spacial score (nSPS) is 10.8. The van der Waals surface area contributed by atoms with Crippen LogP contribution in [0.4, 0.5) is 11.5 Å². The number of thiophene rings is 1. The van der Waals surface area contributed by atoms with Crippen molar-refractivity contribution in [2.75, 3.05) is 12.4 Å². The number of methoxy groups -OCH3 is 1. The van der Waals surface area contributed by atoms with Gasteiger partial charge in [0.05, 0.1) is 12.5 Å². The van der Waals surface area contributed by atoms with Gasteiger partial charge in [0, 0.05) is 21.1 Å². The van der Waals surface area contributed by atoms with Gasteiger partial charge in [-0.1, -0.05) is 34.1 Å². The van der Waals surface area contributed by atoms with Crippen LogP contribution >= 0.6 is 27.3 Å². The van der Waals surface area contributed by atoms with Crippen LogP contribution < -0.4 is 10.1 Å². The van der Waals surface area contributed by atoms with Crippen LogP contribution in [0.25, 0.3) is 21.3 Å². The summed E-state index contributed by atoms with van der Waals surface area (Å²) in [6.07, 6.45) is 1.59. The minimum absolute atomic E-state index is 0.801. The number of halogens is 1. The maximum absolute atomic E-state index is 5.25. The first-order valence-corrected chi connectivity index (χ1v) is 9.31. The van der Waals surface area contributed by atoms with Crippen LogP contribution in [0.5, 0.6) is 5.75 Å². The minimum Gasteiger partial charge on any atom is -0.497 e. The summed E-state index contributed by atoms with van der Waals surface area (Å²) in [6, 6.07) is 16.0. The molecule has 0 amide bonds. The van der Waals surface area contributed by atoms with Crippen LogP contribution in [0.3, 0.4) is 0 Å². The SMILES string of the molecule is COc1ccc(-c2csc3ncnc(Nc4cccc(Br)c4)c23)cc1. The van der Waals surface area contributed by atoms with E-state index >= 15 is 0 Å². The molecule has 2 aromatic heterocycles. The number of rotatable bonds is 4. The second-order valence-corrected chi connectivity index (χ2v) is 7.19. The first-order valence-electron chi connectivity index (χ1n) is 7.64. The van der Waals surface area contributed by atoms with E-state index in [1.54, 1.807) is 24.8 Å². The third kappa shape index (κ3) is 3.23. The molecule has 1 N–H and O–H groups in total. The summed E-state index contributed by atoms with van der Waals surface area (Å²) in [7, 11) is 1.67. The van der Waals surface area contributed by atoms with Crippen molar-refractivity contribution in [3.8, 4) is 16.9 Å². The third-order valence-electron chi connectivity index (χ3n) is 3.86. The van der Waals surface area contributed by atoms with Gasteiger partial charge < -0.3 is 10.1 Å². The molecule has 0 radical (unpaired) electrons. The van der Waals surface area contributed by atoms with Crippen LogP contribution in [-0.2, 0) is 0 Å². The van der Waals surface area contributed by atoms with E-state index in [2.05, 4.69) is 48.7 Å². The van der Waals surface area contributed by atoms with Crippen molar-refractivity contribution in [3.05, 3.63) is 64.7 Å². The number of nitrogens with one attached hydrogen (secondary N) is 1. The maximum atomic E-state index is 5.25. The van der Waals surface area contributed by atoms with Crippen molar-refractivity contribution < 1.29 is 4.74 Å². The summed E-state index contributed by atoms with van der Waals surface area (Å²) in [4.78, 5) is 9.84. The van der Waals surface area contributed by atoms with E-state index in [4.69, 9.17) is 4.74 Å². The van der Waals surface area contributed by atoms with Gasteiger partial charge in [0.25, 0.3) is 0 Å². The summed E-state index contributed by atoms with van der Waals surface area (Å²) in [5.41, 5.74) is 3.20. The smallest absolute Gasteiger partial charge is 0.143 e. The fourth-order valence-corrected chi connectivity index (χ4v) is 3.97. The number of hydrogen-bond donors (Lipinski definition) is 1. The highest BCUT2D eigenvalue weighted by Gasteiger charge is 2.13. The molecule has 0 atom stereocenters. The fraction of sp³-hybridized carbons (Fsp3) is 0.0526. The predicted octanol–water partition coefficient (Wildman–Crippen LogP) is 5.87. The molecule has 124 valence electrons. The lowest BCUT2D eigenvalue weighted by Gasteiger charge is -2.09. The van der Waals surface area contributed by atoms with Gasteiger partial charge in [-0.15, -0.1) is 11.3 Å². The molecule has 4 aromatic rings. The Labute approximate surface area is 157 Å². The van der Waals surface area contributed by atoms with Crippen LogP contribution in [0.2, 0.25) is 0 Å². The fourth-order valence-electron chi connectivity index (χ4n) is 2.66. The number of anilines is 2. The Bertz CT molecular complexity index is 1030. The Morgan fingerprint density at radius 3 is 2.68 bits per heavy atom. The Hall–Kier alpha value is -2.44. The van der Waals surface area contributed by atoms with E-state index in [0.717, 1.165) is 43.1 Å². The molecule has 0 bridgehead atoms. The molecule has 0 saturated carbocycles. The first kappa shape index (κ1) is 16.1. The third-order valence-corrected chi connectivity index (χ3v) is 5.24. The lowest BCUT2D eigenvalue weighted by atomic mass is 10.1. The highest BCUT2D eigenvalue weighted by molar-refractivity contribution is 9.10. The lowest BCUT2D eigenvalue weighted by Crippen LogP contribution is -1.95. The van der Waals surface area contributed by atoms with Crippen LogP contribution in [0, 0.1) is 0 Å². The Balaban J connectivity index is 1.81. The number of benzene rings is 2. The topological polar surface area (TPSA) is 47.0 Å². The second kappa shape index (κ2) is 6.82. The number of nitrogens with zero attached hydrogens (tertiary/aromatic N) is 2. The van der Waals surface area contributed by atoms with E-state index < -0.39 is 0 Å². The highest BCUT2D eigenvalue weighted by atomic mass is 79.9. The molecule has 0 aliphatic heterocycles. The van der Waals surface area contributed by atoms with E-state index in [-0.39, 0.29) is 0 Å². The van der Waals surface area contributed by atoms with E-state index in [1.807, 2.05) is 36.4 Å². The zero-order valence-corrected chi connectivity index (χ0v) is 15.8. The van der Waals surface area contributed by atoms with Crippen LogP contribution in [0.1, 0.15) is 0 Å². The molecule has 0 fully saturated rings. The quantitative estimate of drug-likeness (QED) is 0.455. The minimum atomic E-state index is 0.801. The molecule has 2 heterocycles. The molecule has 6 heteroatoms. The highest BCUT2D eigenvalue weighted by Crippen LogP contribution is 2.38. The van der Waals surface area contributed by atoms with Crippen LogP contribution in [0.15, 0.2) is 64.7 Å². The molecule has 0 saturated heterocycles. The van der Waals surface area contributed by atoms with Gasteiger partial charge in [0.1, 0.15) is 22.7 Å². The van der Waals surface area contributed by atoms with E-state index in [0.29, 0.717) is 0 Å². The molecule has 0 aliphatic carbocycles. The number of ether oxygens (including phenoxy) is 1. The van der Waals surface area contributed by atoms with Gasteiger partial charge in [-0.2, -0.15) is 0 Å². The van der Waals surface area contributed by atoms with Crippen molar-refractivity contribution in [2.45, 2.75) is 0 Å². The molecular formula is C19H14BrN3OS. The average molecular weight is 412 g/mol. The van der Waals surface area contributed by atoms with Gasteiger partial charge in [0.2, 0.25) is 0 Å².